The van der Waals surface area contributed by atoms with Gasteiger partial charge in [-0.15, -0.1) is 12.4 Å². The van der Waals surface area contributed by atoms with Crippen LogP contribution >= 0.6 is 12.4 Å². The van der Waals surface area contributed by atoms with Gasteiger partial charge in [-0.25, -0.2) is 4.39 Å². The van der Waals surface area contributed by atoms with Gasteiger partial charge >= 0.3 is 6.18 Å². The smallest absolute Gasteiger partial charge is 0.314 e. The molecule has 120 valence electrons. The number of nitrogens with zero attached hydrogens (tertiary/aromatic N) is 1. The maximum Gasteiger partial charge on any atom is 0.390 e. The first-order chi connectivity index (χ1) is 9.37. The van der Waals surface area contributed by atoms with E-state index in [-0.39, 0.29) is 18.2 Å². The van der Waals surface area contributed by atoms with Crippen LogP contribution in [0.4, 0.5) is 17.6 Å². The van der Waals surface area contributed by atoms with Gasteiger partial charge in [-0.3, -0.25) is 4.90 Å². The largest absolute Gasteiger partial charge is 0.390 e. The van der Waals surface area contributed by atoms with E-state index in [2.05, 4.69) is 5.32 Å². The molecule has 1 aromatic carbocycles. The molecule has 0 radical (unpaired) electrons. The van der Waals surface area contributed by atoms with Crippen LogP contribution in [-0.2, 0) is 0 Å². The molecule has 2 rings (SSSR count). The zero-order valence-corrected chi connectivity index (χ0v) is 12.5. The van der Waals surface area contributed by atoms with Gasteiger partial charge in [-0.2, -0.15) is 13.2 Å². The van der Waals surface area contributed by atoms with Crippen molar-refractivity contribution in [3.05, 3.63) is 35.1 Å². The third-order valence-corrected chi connectivity index (χ3v) is 3.58. The molecule has 1 heterocycles. The van der Waals surface area contributed by atoms with Gasteiger partial charge in [-0.05, 0) is 24.1 Å². The van der Waals surface area contributed by atoms with Gasteiger partial charge < -0.3 is 5.32 Å². The van der Waals surface area contributed by atoms with Crippen molar-refractivity contribution < 1.29 is 17.6 Å². The van der Waals surface area contributed by atoms with Gasteiger partial charge in [0.1, 0.15) is 5.82 Å². The van der Waals surface area contributed by atoms with E-state index in [0.717, 1.165) is 0 Å². The van der Waals surface area contributed by atoms with Crippen LogP contribution in [0.15, 0.2) is 18.2 Å². The van der Waals surface area contributed by atoms with Crippen LogP contribution in [0.1, 0.15) is 23.6 Å². The maximum absolute atomic E-state index is 13.3. The lowest BCUT2D eigenvalue weighted by molar-refractivity contribution is -0.148. The highest BCUT2D eigenvalue weighted by Gasteiger charge is 2.36. The predicted molar refractivity (Wildman–Crippen MR) is 76.2 cm³/mol. The molecule has 0 amide bonds. The van der Waals surface area contributed by atoms with Crippen molar-refractivity contribution in [3.63, 3.8) is 0 Å². The Hall–Kier alpha value is -0.850. The van der Waals surface area contributed by atoms with Crippen LogP contribution < -0.4 is 5.32 Å². The number of aryl methyl sites for hydroxylation is 1. The number of alkyl halides is 3. The quantitative estimate of drug-likeness (QED) is 0.856. The molecule has 1 saturated heterocycles. The number of halogens is 5. The first kappa shape index (κ1) is 18.2. The Balaban J connectivity index is 0.00000220. The molecular formula is C14H19ClF4N2. The van der Waals surface area contributed by atoms with Gasteiger partial charge in [0.05, 0.1) is 6.42 Å². The highest BCUT2D eigenvalue weighted by atomic mass is 35.5. The molecule has 0 unspecified atom stereocenters. The fourth-order valence-corrected chi connectivity index (χ4v) is 2.55. The van der Waals surface area contributed by atoms with Crippen molar-refractivity contribution in [2.75, 3.05) is 26.2 Å². The van der Waals surface area contributed by atoms with E-state index in [1.54, 1.807) is 6.92 Å². The molecule has 0 aromatic heterocycles. The number of benzene rings is 1. The Morgan fingerprint density at radius 3 is 2.38 bits per heavy atom. The molecular weight excluding hydrogens is 308 g/mol. The van der Waals surface area contributed by atoms with Gasteiger partial charge in [-0.1, -0.05) is 12.1 Å². The van der Waals surface area contributed by atoms with Crippen molar-refractivity contribution in [2.45, 2.75) is 25.6 Å². The van der Waals surface area contributed by atoms with Crippen LogP contribution in [0.2, 0.25) is 0 Å². The normalized spacial score (nSPS) is 18.1. The summed E-state index contributed by atoms with van der Waals surface area (Å²) in [5, 5.41) is 3.12. The van der Waals surface area contributed by atoms with E-state index in [1.807, 2.05) is 4.90 Å². The van der Waals surface area contributed by atoms with Crippen molar-refractivity contribution in [1.29, 1.82) is 0 Å². The Bertz CT molecular complexity index is 459. The minimum Gasteiger partial charge on any atom is -0.314 e. The van der Waals surface area contributed by atoms with Crippen molar-refractivity contribution in [2.24, 2.45) is 0 Å². The second-order valence-electron chi connectivity index (χ2n) is 5.13. The second-order valence-corrected chi connectivity index (χ2v) is 5.13. The minimum atomic E-state index is -4.24. The summed E-state index contributed by atoms with van der Waals surface area (Å²) in [7, 11) is 0. The van der Waals surface area contributed by atoms with E-state index in [9.17, 15) is 17.6 Å². The summed E-state index contributed by atoms with van der Waals surface area (Å²) >= 11 is 0. The molecule has 1 N–H and O–H groups in total. The number of nitrogens with one attached hydrogen (secondary N) is 1. The van der Waals surface area contributed by atoms with Gasteiger partial charge in [0.25, 0.3) is 0 Å². The number of piperazine rings is 1. The van der Waals surface area contributed by atoms with E-state index in [4.69, 9.17) is 0 Å². The Morgan fingerprint density at radius 1 is 1.24 bits per heavy atom. The van der Waals surface area contributed by atoms with E-state index < -0.39 is 18.6 Å². The first-order valence-corrected chi connectivity index (χ1v) is 6.64. The summed E-state index contributed by atoms with van der Waals surface area (Å²) in [6.07, 6.45) is -5.14. The van der Waals surface area contributed by atoms with Crippen LogP contribution in [0.5, 0.6) is 0 Å². The molecule has 1 aromatic rings. The average molecular weight is 327 g/mol. The molecule has 1 aliphatic rings. The zero-order valence-electron chi connectivity index (χ0n) is 11.7. The highest BCUT2D eigenvalue weighted by molar-refractivity contribution is 5.85. The molecule has 0 spiro atoms. The average Bonchev–Trinajstić information content (AvgIpc) is 2.39. The Kier molecular flexibility index (Phi) is 6.43. The standard InChI is InChI=1S/C14H18F4N2.ClH/c1-10-8-11(2-3-12(10)15)13(9-14(16,17)18)20-6-4-19-5-7-20;/h2-3,8,13,19H,4-7,9H2,1H3;1H/t13-;/m0./s1. The SMILES string of the molecule is Cc1cc([C@H](CC(F)(F)F)N2CCNCC2)ccc1F.Cl. The summed E-state index contributed by atoms with van der Waals surface area (Å²) in [4.78, 5) is 1.82. The van der Waals surface area contributed by atoms with E-state index in [0.29, 0.717) is 37.3 Å². The van der Waals surface area contributed by atoms with E-state index >= 15 is 0 Å². The monoisotopic (exact) mass is 326 g/mol. The summed E-state index contributed by atoms with van der Waals surface area (Å²) in [5.74, 6) is -0.389. The Morgan fingerprint density at radius 2 is 1.86 bits per heavy atom. The lowest BCUT2D eigenvalue weighted by atomic mass is 9.99. The van der Waals surface area contributed by atoms with Crippen molar-refractivity contribution in [1.82, 2.24) is 10.2 Å². The van der Waals surface area contributed by atoms with Gasteiger partial charge in [0.15, 0.2) is 0 Å². The Labute approximate surface area is 127 Å². The summed E-state index contributed by atoms with van der Waals surface area (Å²) in [6.45, 7) is 4.05. The molecule has 7 heteroatoms. The van der Waals surface area contributed by atoms with Crippen molar-refractivity contribution in [3.8, 4) is 0 Å². The molecule has 21 heavy (non-hydrogen) atoms. The third-order valence-electron chi connectivity index (χ3n) is 3.58. The zero-order chi connectivity index (χ0) is 14.8. The number of rotatable bonds is 3. The highest BCUT2D eigenvalue weighted by Crippen LogP contribution is 2.34. The van der Waals surface area contributed by atoms with Crippen LogP contribution in [0, 0.1) is 12.7 Å². The molecule has 0 saturated carbocycles. The molecule has 1 fully saturated rings. The lowest BCUT2D eigenvalue weighted by Gasteiger charge is -2.35. The molecule has 2 nitrogen and oxygen atoms in total. The molecule has 0 aliphatic carbocycles. The fraction of sp³-hybridized carbons (Fsp3) is 0.571. The lowest BCUT2D eigenvalue weighted by Crippen LogP contribution is -2.46. The topological polar surface area (TPSA) is 15.3 Å². The first-order valence-electron chi connectivity index (χ1n) is 6.64. The number of hydrogen-bond donors (Lipinski definition) is 1. The van der Waals surface area contributed by atoms with Crippen LogP contribution in [0.3, 0.4) is 0 Å². The fourth-order valence-electron chi connectivity index (χ4n) is 2.55. The molecule has 1 aliphatic heterocycles. The van der Waals surface area contributed by atoms with Crippen LogP contribution in [0.25, 0.3) is 0 Å². The molecule has 1 atom stereocenters. The minimum absolute atomic E-state index is 0. The predicted octanol–water partition coefficient (Wildman–Crippen LogP) is 3.45. The van der Waals surface area contributed by atoms with Gasteiger partial charge in [0.2, 0.25) is 0 Å². The van der Waals surface area contributed by atoms with Crippen LogP contribution in [-0.4, -0.2) is 37.3 Å². The summed E-state index contributed by atoms with van der Waals surface area (Å²) in [5.41, 5.74) is 0.910. The molecule has 0 bridgehead atoms. The van der Waals surface area contributed by atoms with Gasteiger partial charge in [0, 0.05) is 32.2 Å². The number of hydrogen-bond acceptors (Lipinski definition) is 2. The third kappa shape index (κ3) is 5.13. The second kappa shape index (κ2) is 7.42. The van der Waals surface area contributed by atoms with E-state index in [1.165, 1.54) is 18.2 Å². The summed E-state index contributed by atoms with van der Waals surface area (Å²) < 4.78 is 51.7. The van der Waals surface area contributed by atoms with Crippen molar-refractivity contribution >= 4 is 12.4 Å². The maximum atomic E-state index is 13.3. The summed E-state index contributed by atoms with van der Waals surface area (Å²) in [6, 6.07) is 3.49.